The minimum atomic E-state index is -0.593. The number of nitrogens with one attached hydrogen (secondary N) is 2. The molecule has 5 aromatic rings. The third kappa shape index (κ3) is 2.71. The second kappa shape index (κ2) is 7.56. The molecule has 3 amide bonds. The third-order valence-electron chi connectivity index (χ3n) is 7.53. The monoisotopic (exact) mass is 501 g/mol. The summed E-state index contributed by atoms with van der Waals surface area (Å²) in [4.78, 5) is 44.6. The highest BCUT2D eigenvalue weighted by molar-refractivity contribution is 6.39. The number of nitrogens with two attached hydrogens (primary N) is 1. The van der Waals surface area contributed by atoms with Gasteiger partial charge in [0.05, 0.1) is 33.7 Å². The molecule has 4 N–H and O–H groups in total. The van der Waals surface area contributed by atoms with Gasteiger partial charge in [0.15, 0.2) is 0 Å². The number of halogens is 1. The first-order valence-electron chi connectivity index (χ1n) is 11.8. The number of fused-ring (bicyclic) bond motifs is 10. The van der Waals surface area contributed by atoms with Crippen LogP contribution in [0.1, 0.15) is 40.1 Å². The van der Waals surface area contributed by atoms with Crippen LogP contribution in [0.2, 0.25) is 0 Å². The molecule has 0 radical (unpaired) electrons. The van der Waals surface area contributed by atoms with Crippen LogP contribution in [0.5, 0.6) is 0 Å². The van der Waals surface area contributed by atoms with E-state index in [1.807, 2.05) is 54.3 Å². The van der Waals surface area contributed by atoms with Gasteiger partial charge in [0, 0.05) is 46.2 Å². The molecular weight excluding hydrogens is 478 g/mol. The molecule has 0 saturated carbocycles. The quantitative estimate of drug-likeness (QED) is 0.303. The Morgan fingerprint density at radius 2 is 1.69 bits per heavy atom. The van der Waals surface area contributed by atoms with Crippen molar-refractivity contribution in [1.82, 2.24) is 19.8 Å². The number of hydrogen-bond donors (Lipinski definition) is 3. The van der Waals surface area contributed by atoms with Gasteiger partial charge in [-0.2, -0.15) is 0 Å². The molecule has 0 spiro atoms. The number of aromatic nitrogens is 2. The first kappa shape index (κ1) is 22.6. The fourth-order valence-corrected chi connectivity index (χ4v) is 6.08. The zero-order valence-electron chi connectivity index (χ0n) is 19.7. The summed E-state index contributed by atoms with van der Waals surface area (Å²) in [6.45, 7) is 4.70. The first-order valence-corrected chi connectivity index (χ1v) is 11.8. The Labute approximate surface area is 211 Å². The predicted octanol–water partition coefficient (Wildman–Crippen LogP) is 3.81. The van der Waals surface area contributed by atoms with Crippen LogP contribution in [-0.4, -0.2) is 44.3 Å². The number of amides is 3. The second-order valence-electron chi connectivity index (χ2n) is 9.71. The van der Waals surface area contributed by atoms with Crippen molar-refractivity contribution in [1.29, 1.82) is 0 Å². The maximum absolute atomic E-state index is 13.2. The number of nitrogens with zero attached hydrogens (tertiary/aromatic N) is 2. The predicted molar refractivity (Wildman–Crippen MR) is 142 cm³/mol. The van der Waals surface area contributed by atoms with E-state index in [9.17, 15) is 14.4 Å². The summed E-state index contributed by atoms with van der Waals surface area (Å²) >= 11 is 0. The number of benzene rings is 3. The molecule has 182 valence electrons. The molecule has 2 aliphatic rings. The summed E-state index contributed by atoms with van der Waals surface area (Å²) in [6, 6.07) is 13.1. The Balaban J connectivity index is 0.00000240. The SMILES string of the molecule is CC1Cn2c3c(cccc3c3c4c(c5c6ccccc6[nH]c5c32)C(=O)NC4=O)CN1C(=O)[C@H](C)N.Cl. The number of H-pyrrole nitrogens is 1. The van der Waals surface area contributed by atoms with Crippen molar-refractivity contribution in [2.75, 3.05) is 0 Å². The summed E-state index contributed by atoms with van der Waals surface area (Å²) in [5.41, 5.74) is 11.4. The molecule has 0 fully saturated rings. The van der Waals surface area contributed by atoms with Gasteiger partial charge in [-0.1, -0.05) is 36.4 Å². The second-order valence-corrected chi connectivity index (χ2v) is 9.71. The number of rotatable bonds is 1. The van der Waals surface area contributed by atoms with Crippen LogP contribution in [0.3, 0.4) is 0 Å². The van der Waals surface area contributed by atoms with Crippen LogP contribution in [0, 0.1) is 0 Å². The zero-order valence-corrected chi connectivity index (χ0v) is 20.5. The normalized spacial score (nSPS) is 18.0. The largest absolute Gasteiger partial charge is 0.353 e. The highest BCUT2D eigenvalue weighted by atomic mass is 35.5. The molecule has 2 aliphatic heterocycles. The fraction of sp³-hybridized carbons (Fsp3) is 0.222. The molecule has 2 atom stereocenters. The Morgan fingerprint density at radius 1 is 1.00 bits per heavy atom. The molecule has 4 heterocycles. The molecule has 8 nitrogen and oxygen atoms in total. The minimum Gasteiger partial charge on any atom is -0.353 e. The third-order valence-corrected chi connectivity index (χ3v) is 7.53. The maximum atomic E-state index is 13.2. The van der Waals surface area contributed by atoms with Gasteiger partial charge in [-0.25, -0.2) is 0 Å². The number of carbonyl (C=O) groups is 3. The summed E-state index contributed by atoms with van der Waals surface area (Å²) in [7, 11) is 0. The zero-order chi connectivity index (χ0) is 24.2. The minimum absolute atomic E-state index is 0. The number of imide groups is 1. The van der Waals surface area contributed by atoms with Gasteiger partial charge in [-0.15, -0.1) is 12.4 Å². The lowest BCUT2D eigenvalue weighted by molar-refractivity contribution is -0.135. The van der Waals surface area contributed by atoms with E-state index in [1.54, 1.807) is 6.92 Å². The van der Waals surface area contributed by atoms with Gasteiger partial charge in [-0.05, 0) is 25.5 Å². The lowest BCUT2D eigenvalue weighted by atomic mass is 9.96. The Bertz CT molecular complexity index is 1800. The Hall–Kier alpha value is -3.88. The number of carbonyl (C=O) groups excluding carboxylic acids is 3. The molecule has 3 aromatic carbocycles. The number of hydrogen-bond acceptors (Lipinski definition) is 4. The van der Waals surface area contributed by atoms with E-state index in [0.717, 1.165) is 49.2 Å². The Morgan fingerprint density at radius 3 is 2.44 bits per heavy atom. The molecule has 0 aliphatic carbocycles. The van der Waals surface area contributed by atoms with Gasteiger partial charge < -0.3 is 20.2 Å². The van der Waals surface area contributed by atoms with Crippen molar-refractivity contribution >= 4 is 73.7 Å². The fourth-order valence-electron chi connectivity index (χ4n) is 6.08. The molecular formula is C27H24ClN5O3. The van der Waals surface area contributed by atoms with Crippen molar-refractivity contribution in [2.24, 2.45) is 5.73 Å². The summed E-state index contributed by atoms with van der Waals surface area (Å²) in [5, 5.41) is 5.87. The molecule has 9 heteroatoms. The number of para-hydroxylation sites is 2. The highest BCUT2D eigenvalue weighted by Crippen LogP contribution is 2.45. The van der Waals surface area contributed by atoms with Gasteiger partial charge in [0.25, 0.3) is 11.8 Å². The van der Waals surface area contributed by atoms with Gasteiger partial charge >= 0.3 is 0 Å². The summed E-state index contributed by atoms with van der Waals surface area (Å²) < 4.78 is 2.22. The van der Waals surface area contributed by atoms with Crippen molar-refractivity contribution in [3.8, 4) is 0 Å². The van der Waals surface area contributed by atoms with E-state index >= 15 is 0 Å². The molecule has 0 bridgehead atoms. The smallest absolute Gasteiger partial charge is 0.259 e. The Kier molecular flexibility index (Phi) is 4.74. The highest BCUT2D eigenvalue weighted by Gasteiger charge is 2.37. The van der Waals surface area contributed by atoms with Gasteiger partial charge in [0.1, 0.15) is 0 Å². The standard InChI is InChI=1S/C27H23N5O3.ClH/c1-12-10-32-23-14(11-31(12)27(35)13(2)28)6-5-8-16(23)19-21-20(25(33)30-26(21)34)18-15-7-3-4-9-17(15)29-22(18)24(19)32;/h3-9,12-13,29H,10-11,28H2,1-2H3,(H,30,33,34);1H/t12?,13-;/m0./s1. The van der Waals surface area contributed by atoms with Crippen LogP contribution in [0.25, 0.3) is 43.6 Å². The molecule has 1 unspecified atom stereocenters. The summed E-state index contributed by atoms with van der Waals surface area (Å²) in [6.07, 6.45) is 0. The first-order chi connectivity index (χ1) is 16.9. The lowest BCUT2D eigenvalue weighted by Gasteiger charge is -2.29. The van der Waals surface area contributed by atoms with E-state index < -0.39 is 6.04 Å². The topological polar surface area (TPSA) is 113 Å². The van der Waals surface area contributed by atoms with Crippen molar-refractivity contribution in [2.45, 2.75) is 39.0 Å². The molecule has 0 saturated heterocycles. The van der Waals surface area contributed by atoms with E-state index in [0.29, 0.717) is 24.2 Å². The average Bonchev–Trinajstić information content (AvgIpc) is 3.43. The van der Waals surface area contributed by atoms with Crippen molar-refractivity contribution in [3.05, 3.63) is 59.2 Å². The lowest BCUT2D eigenvalue weighted by Crippen LogP contribution is -2.46. The maximum Gasteiger partial charge on any atom is 0.259 e. The van der Waals surface area contributed by atoms with Gasteiger partial charge in [-0.3, -0.25) is 19.7 Å². The molecule has 7 rings (SSSR count). The number of aromatic amines is 1. The van der Waals surface area contributed by atoms with Crippen LogP contribution in [-0.2, 0) is 17.9 Å². The van der Waals surface area contributed by atoms with E-state index in [-0.39, 0.29) is 36.2 Å². The van der Waals surface area contributed by atoms with Crippen molar-refractivity contribution in [3.63, 3.8) is 0 Å². The molecule has 2 aromatic heterocycles. The van der Waals surface area contributed by atoms with Crippen LogP contribution in [0.15, 0.2) is 42.5 Å². The average molecular weight is 502 g/mol. The van der Waals surface area contributed by atoms with E-state index in [2.05, 4.69) is 14.9 Å². The van der Waals surface area contributed by atoms with E-state index in [4.69, 9.17) is 5.73 Å². The van der Waals surface area contributed by atoms with E-state index in [1.165, 1.54) is 0 Å². The van der Waals surface area contributed by atoms with Gasteiger partial charge in [0.2, 0.25) is 5.91 Å². The van der Waals surface area contributed by atoms with Crippen LogP contribution >= 0.6 is 12.4 Å². The summed E-state index contributed by atoms with van der Waals surface area (Å²) in [5.74, 6) is -0.829. The van der Waals surface area contributed by atoms with Crippen molar-refractivity contribution < 1.29 is 14.4 Å². The van der Waals surface area contributed by atoms with Crippen LogP contribution in [0.4, 0.5) is 0 Å². The molecule has 36 heavy (non-hydrogen) atoms. The van der Waals surface area contributed by atoms with Crippen LogP contribution < -0.4 is 11.1 Å².